The van der Waals surface area contributed by atoms with Crippen LogP contribution in [-0.2, 0) is 9.53 Å². The maximum absolute atomic E-state index is 12.8. The van der Waals surface area contributed by atoms with Crippen LogP contribution in [0.1, 0.15) is 37.2 Å². The first kappa shape index (κ1) is 23.9. The minimum Gasteiger partial charge on any atom is -0.381 e. The molecule has 1 aromatic heterocycles. The van der Waals surface area contributed by atoms with Crippen molar-refractivity contribution in [1.82, 2.24) is 15.3 Å². The molecule has 2 aliphatic heterocycles. The van der Waals surface area contributed by atoms with E-state index in [1.54, 1.807) is 0 Å². The molecule has 3 heterocycles. The van der Waals surface area contributed by atoms with Gasteiger partial charge in [-0.1, -0.05) is 0 Å². The molecular weight excluding hydrogens is 389 g/mol. The van der Waals surface area contributed by atoms with Crippen molar-refractivity contribution in [3.63, 3.8) is 0 Å². The molecule has 27 heavy (non-hydrogen) atoms. The number of nitrogens with zero attached hydrogens (tertiary/aromatic N) is 3. The molecule has 9 heteroatoms. The summed E-state index contributed by atoms with van der Waals surface area (Å²) in [6.07, 6.45) is 3.28. The summed E-state index contributed by atoms with van der Waals surface area (Å²) in [5, 5.41) is 3.24. The average Bonchev–Trinajstić information content (AvgIpc) is 2.62. The van der Waals surface area contributed by atoms with E-state index in [2.05, 4.69) is 20.2 Å². The topological polar surface area (TPSA) is 93.4 Å². The van der Waals surface area contributed by atoms with E-state index >= 15 is 0 Å². The lowest BCUT2D eigenvalue weighted by Crippen LogP contribution is -2.53. The number of carbonyl (C=O) groups excluding carboxylic acids is 1. The first-order valence-corrected chi connectivity index (χ1v) is 9.18. The van der Waals surface area contributed by atoms with Crippen molar-refractivity contribution in [3.05, 3.63) is 17.6 Å². The molecule has 0 bridgehead atoms. The predicted molar refractivity (Wildman–Crippen MR) is 111 cm³/mol. The van der Waals surface area contributed by atoms with E-state index in [4.69, 9.17) is 10.5 Å². The van der Waals surface area contributed by atoms with Crippen LogP contribution in [0.25, 0.3) is 0 Å². The van der Waals surface area contributed by atoms with E-state index < -0.39 is 5.41 Å². The quantitative estimate of drug-likeness (QED) is 0.772. The number of halogens is 2. The molecule has 1 aromatic rings. The van der Waals surface area contributed by atoms with Gasteiger partial charge in [0.15, 0.2) is 0 Å². The van der Waals surface area contributed by atoms with Crippen LogP contribution in [0.2, 0.25) is 0 Å². The zero-order valence-corrected chi connectivity index (χ0v) is 17.7. The third kappa shape index (κ3) is 5.67. The van der Waals surface area contributed by atoms with Gasteiger partial charge in [0.25, 0.3) is 0 Å². The Morgan fingerprint density at radius 1 is 1.26 bits per heavy atom. The van der Waals surface area contributed by atoms with Gasteiger partial charge in [0.1, 0.15) is 11.6 Å². The van der Waals surface area contributed by atoms with Crippen molar-refractivity contribution in [2.75, 3.05) is 37.7 Å². The number of amides is 1. The minimum absolute atomic E-state index is 0. The Morgan fingerprint density at radius 3 is 2.44 bits per heavy atom. The van der Waals surface area contributed by atoms with Crippen LogP contribution in [0.3, 0.4) is 0 Å². The minimum atomic E-state index is -0.448. The summed E-state index contributed by atoms with van der Waals surface area (Å²) in [5.74, 6) is 1.89. The van der Waals surface area contributed by atoms with E-state index in [1.807, 2.05) is 19.9 Å². The second kappa shape index (κ2) is 10.4. The Bertz CT molecular complexity index is 598. The highest BCUT2D eigenvalue weighted by Gasteiger charge is 2.39. The monoisotopic (exact) mass is 419 g/mol. The molecule has 2 fully saturated rings. The van der Waals surface area contributed by atoms with E-state index in [9.17, 15) is 4.79 Å². The maximum atomic E-state index is 12.8. The number of rotatable bonds is 4. The molecule has 3 N–H and O–H groups in total. The highest BCUT2D eigenvalue weighted by atomic mass is 35.5. The van der Waals surface area contributed by atoms with Crippen molar-refractivity contribution in [3.8, 4) is 0 Å². The number of anilines is 1. The molecule has 0 saturated carbocycles. The Morgan fingerprint density at radius 2 is 1.89 bits per heavy atom. The summed E-state index contributed by atoms with van der Waals surface area (Å²) in [6, 6.07) is 2.23. The number of aryl methyl sites for hydroxylation is 2. The van der Waals surface area contributed by atoms with Gasteiger partial charge in [-0.05, 0) is 39.5 Å². The van der Waals surface area contributed by atoms with Crippen LogP contribution in [0.4, 0.5) is 5.82 Å². The molecule has 1 amide bonds. The molecule has 2 saturated heterocycles. The van der Waals surface area contributed by atoms with Gasteiger partial charge < -0.3 is 20.7 Å². The highest BCUT2D eigenvalue weighted by Crippen LogP contribution is 2.30. The molecule has 3 rings (SSSR count). The first-order chi connectivity index (χ1) is 12.0. The van der Waals surface area contributed by atoms with Crippen LogP contribution in [-0.4, -0.2) is 54.8 Å². The predicted octanol–water partition coefficient (Wildman–Crippen LogP) is 1.78. The number of aromatic nitrogens is 2. The summed E-state index contributed by atoms with van der Waals surface area (Å²) >= 11 is 0. The van der Waals surface area contributed by atoms with Gasteiger partial charge in [-0.3, -0.25) is 4.79 Å². The molecule has 0 spiro atoms. The Hall–Kier alpha value is -1.15. The zero-order chi connectivity index (χ0) is 17.9. The van der Waals surface area contributed by atoms with Crippen LogP contribution in [0, 0.1) is 19.3 Å². The second-order valence-corrected chi connectivity index (χ2v) is 7.25. The zero-order valence-electron chi connectivity index (χ0n) is 16.1. The molecule has 154 valence electrons. The SMILES string of the molecule is Cc1cc(N2CCC(NC(=O)C3(CN)CCOCC3)CC2)nc(C)n1.Cl.Cl. The third-order valence-corrected chi connectivity index (χ3v) is 5.43. The Kier molecular flexibility index (Phi) is 9.21. The Labute approximate surface area is 173 Å². The lowest BCUT2D eigenvalue weighted by molar-refractivity contribution is -0.136. The summed E-state index contributed by atoms with van der Waals surface area (Å²) in [6.45, 7) is 7.32. The molecule has 0 aliphatic carbocycles. The van der Waals surface area contributed by atoms with Gasteiger partial charge in [0, 0.05) is 50.7 Å². The van der Waals surface area contributed by atoms with Gasteiger partial charge in [-0.15, -0.1) is 24.8 Å². The molecule has 0 radical (unpaired) electrons. The van der Waals surface area contributed by atoms with Gasteiger partial charge in [0.05, 0.1) is 5.41 Å². The summed E-state index contributed by atoms with van der Waals surface area (Å²) in [5.41, 5.74) is 6.47. The molecular formula is C18H31Cl2N5O2. The standard InChI is InChI=1S/C18H29N5O2.2ClH/c1-13-11-16(21-14(2)20-13)23-7-3-15(4-8-23)22-17(24)18(12-19)5-9-25-10-6-18;;/h11,15H,3-10,12,19H2,1-2H3,(H,22,24);2*1H. The van der Waals surface area contributed by atoms with Crippen LogP contribution in [0.5, 0.6) is 0 Å². The van der Waals surface area contributed by atoms with E-state index in [0.717, 1.165) is 43.3 Å². The average molecular weight is 420 g/mol. The van der Waals surface area contributed by atoms with E-state index in [1.165, 1.54) is 0 Å². The Balaban J connectivity index is 0.00000182. The normalized spacial score (nSPS) is 19.6. The number of nitrogens with two attached hydrogens (primary N) is 1. The molecule has 7 nitrogen and oxygen atoms in total. The lowest BCUT2D eigenvalue weighted by atomic mass is 9.79. The summed E-state index contributed by atoms with van der Waals surface area (Å²) < 4.78 is 5.39. The second-order valence-electron chi connectivity index (χ2n) is 7.25. The smallest absolute Gasteiger partial charge is 0.227 e. The van der Waals surface area contributed by atoms with Gasteiger partial charge in [-0.25, -0.2) is 9.97 Å². The third-order valence-electron chi connectivity index (χ3n) is 5.43. The number of carbonyl (C=O) groups is 1. The fourth-order valence-corrected chi connectivity index (χ4v) is 3.74. The van der Waals surface area contributed by atoms with Crippen molar-refractivity contribution in [1.29, 1.82) is 0 Å². The fraction of sp³-hybridized carbons (Fsp3) is 0.722. The summed E-state index contributed by atoms with van der Waals surface area (Å²) in [7, 11) is 0. The highest BCUT2D eigenvalue weighted by molar-refractivity contribution is 5.85. The first-order valence-electron chi connectivity index (χ1n) is 9.18. The van der Waals surface area contributed by atoms with Gasteiger partial charge in [0.2, 0.25) is 5.91 Å². The fourth-order valence-electron chi connectivity index (χ4n) is 3.74. The largest absolute Gasteiger partial charge is 0.381 e. The van der Waals surface area contributed by atoms with Crippen LogP contribution >= 0.6 is 24.8 Å². The number of hydrogen-bond acceptors (Lipinski definition) is 6. The summed E-state index contributed by atoms with van der Waals surface area (Å²) in [4.78, 5) is 23.9. The number of piperidine rings is 1. The van der Waals surface area contributed by atoms with E-state index in [-0.39, 0.29) is 36.8 Å². The van der Waals surface area contributed by atoms with Crippen LogP contribution in [0.15, 0.2) is 6.07 Å². The van der Waals surface area contributed by atoms with Crippen LogP contribution < -0.4 is 16.0 Å². The molecule has 2 aliphatic rings. The van der Waals surface area contributed by atoms with Gasteiger partial charge >= 0.3 is 0 Å². The molecule has 0 atom stereocenters. The number of hydrogen-bond donors (Lipinski definition) is 2. The number of ether oxygens (including phenoxy) is 1. The van der Waals surface area contributed by atoms with Crippen molar-refractivity contribution < 1.29 is 9.53 Å². The maximum Gasteiger partial charge on any atom is 0.227 e. The van der Waals surface area contributed by atoms with Crippen molar-refractivity contribution in [2.45, 2.75) is 45.6 Å². The van der Waals surface area contributed by atoms with E-state index in [0.29, 0.717) is 32.6 Å². The number of nitrogens with one attached hydrogen (secondary N) is 1. The molecule has 0 unspecified atom stereocenters. The molecule has 0 aromatic carbocycles. The van der Waals surface area contributed by atoms with Crippen molar-refractivity contribution >= 4 is 36.5 Å². The van der Waals surface area contributed by atoms with Gasteiger partial charge in [-0.2, -0.15) is 0 Å². The van der Waals surface area contributed by atoms with Crippen molar-refractivity contribution in [2.24, 2.45) is 11.1 Å². The lowest BCUT2D eigenvalue weighted by Gasteiger charge is -2.38.